The summed E-state index contributed by atoms with van der Waals surface area (Å²) in [5, 5.41) is 14.9. The highest BCUT2D eigenvalue weighted by Crippen LogP contribution is 2.32. The molecule has 0 unspecified atom stereocenters. The molecule has 0 aliphatic carbocycles. The second-order valence-corrected chi connectivity index (χ2v) is 7.53. The van der Waals surface area contributed by atoms with Gasteiger partial charge in [-0.15, -0.1) is 11.3 Å². The van der Waals surface area contributed by atoms with Crippen LogP contribution in [0.1, 0.15) is 10.7 Å². The van der Waals surface area contributed by atoms with Gasteiger partial charge in [-0.05, 0) is 13.0 Å². The molecule has 1 fully saturated rings. The number of benzene rings is 1. The van der Waals surface area contributed by atoms with Crippen LogP contribution in [0.5, 0.6) is 0 Å². The van der Waals surface area contributed by atoms with E-state index in [0.717, 1.165) is 30.3 Å². The van der Waals surface area contributed by atoms with Crippen LogP contribution >= 0.6 is 11.3 Å². The Hall–Kier alpha value is -2.85. The van der Waals surface area contributed by atoms with Crippen molar-refractivity contribution in [1.29, 1.82) is 0 Å². The number of nitro groups is 1. The lowest BCUT2D eigenvalue weighted by Crippen LogP contribution is -2.46. The Balaban J connectivity index is 1.57. The zero-order valence-corrected chi connectivity index (χ0v) is 15.5. The number of rotatable bonds is 4. The number of hydrogen-bond acceptors (Lipinski definition) is 8. The fraction of sp³-hybridized carbons (Fsp3) is 0.353. The van der Waals surface area contributed by atoms with E-state index < -0.39 is 4.92 Å². The highest BCUT2D eigenvalue weighted by atomic mass is 32.1. The third-order valence-corrected chi connectivity index (χ3v) is 5.52. The standard InChI is InChI=1S/C17H18N6O3S/c1-11-20-12(9-27-11)8-21-2-4-22(5-3-21)15-7-14-13(6-16(15)23(25)26)17(24)19-10-18-14/h6-7,9-10H,2-5,8H2,1H3,(H,18,19,24). The van der Waals surface area contributed by atoms with Crippen molar-refractivity contribution < 1.29 is 4.92 Å². The molecule has 0 spiro atoms. The van der Waals surface area contributed by atoms with Crippen LogP contribution in [0.2, 0.25) is 0 Å². The summed E-state index contributed by atoms with van der Waals surface area (Å²) < 4.78 is 0. The summed E-state index contributed by atoms with van der Waals surface area (Å²) in [4.78, 5) is 38.4. The number of aromatic nitrogens is 3. The largest absolute Gasteiger partial charge is 0.363 e. The summed E-state index contributed by atoms with van der Waals surface area (Å²) in [6.45, 7) is 5.68. The molecule has 4 rings (SSSR count). The van der Waals surface area contributed by atoms with Crippen molar-refractivity contribution >= 4 is 33.6 Å². The topological polar surface area (TPSA) is 108 Å². The number of fused-ring (bicyclic) bond motifs is 1. The summed E-state index contributed by atoms with van der Waals surface area (Å²) >= 11 is 1.64. The number of aromatic amines is 1. The number of nitrogens with one attached hydrogen (secondary N) is 1. The Morgan fingerprint density at radius 2 is 2.07 bits per heavy atom. The molecule has 10 heteroatoms. The second-order valence-electron chi connectivity index (χ2n) is 6.47. The number of hydrogen-bond donors (Lipinski definition) is 1. The molecule has 0 saturated carbocycles. The SMILES string of the molecule is Cc1nc(CN2CCN(c3cc4nc[nH]c(=O)c4cc3[N+](=O)[O-])CC2)cs1. The van der Waals surface area contributed by atoms with Crippen LogP contribution in [-0.2, 0) is 6.54 Å². The first kappa shape index (κ1) is 17.6. The van der Waals surface area contributed by atoms with Gasteiger partial charge in [-0.25, -0.2) is 9.97 Å². The number of aryl methyl sites for hydroxylation is 1. The molecular formula is C17H18N6O3S. The molecule has 9 nitrogen and oxygen atoms in total. The average Bonchev–Trinajstić information content (AvgIpc) is 3.06. The lowest BCUT2D eigenvalue weighted by Gasteiger charge is -2.35. The second kappa shape index (κ2) is 7.05. The van der Waals surface area contributed by atoms with Crippen molar-refractivity contribution in [3.05, 3.63) is 55.0 Å². The number of H-pyrrole nitrogens is 1. The zero-order chi connectivity index (χ0) is 19.0. The molecule has 1 aromatic carbocycles. The minimum atomic E-state index is -0.439. The summed E-state index contributed by atoms with van der Waals surface area (Å²) in [6, 6.07) is 2.96. The van der Waals surface area contributed by atoms with Gasteiger partial charge in [0.25, 0.3) is 11.2 Å². The van der Waals surface area contributed by atoms with E-state index in [-0.39, 0.29) is 16.6 Å². The van der Waals surface area contributed by atoms with E-state index in [9.17, 15) is 14.9 Å². The molecule has 1 aliphatic heterocycles. The third-order valence-electron chi connectivity index (χ3n) is 4.70. The van der Waals surface area contributed by atoms with Gasteiger partial charge in [-0.3, -0.25) is 19.8 Å². The van der Waals surface area contributed by atoms with Crippen molar-refractivity contribution in [1.82, 2.24) is 19.9 Å². The van der Waals surface area contributed by atoms with Crippen LogP contribution in [0.25, 0.3) is 10.9 Å². The molecule has 1 N–H and O–H groups in total. The first-order chi connectivity index (χ1) is 13.0. The van der Waals surface area contributed by atoms with Gasteiger partial charge < -0.3 is 9.88 Å². The average molecular weight is 386 g/mol. The predicted molar refractivity (Wildman–Crippen MR) is 103 cm³/mol. The molecule has 0 atom stereocenters. The molecule has 0 bridgehead atoms. The fourth-order valence-corrected chi connectivity index (χ4v) is 3.95. The molecule has 0 amide bonds. The molecule has 0 radical (unpaired) electrons. The number of piperazine rings is 1. The van der Waals surface area contributed by atoms with E-state index >= 15 is 0 Å². The minimum absolute atomic E-state index is 0.0652. The molecule has 1 aliphatic rings. The van der Waals surface area contributed by atoms with E-state index in [1.54, 1.807) is 17.4 Å². The Bertz CT molecular complexity index is 1050. The predicted octanol–water partition coefficient (Wildman–Crippen LogP) is 1.92. The van der Waals surface area contributed by atoms with Crippen LogP contribution in [0, 0.1) is 17.0 Å². The maximum Gasteiger partial charge on any atom is 0.293 e. The Morgan fingerprint density at radius 3 is 2.74 bits per heavy atom. The van der Waals surface area contributed by atoms with Crippen LogP contribution in [0.3, 0.4) is 0 Å². The first-order valence-electron chi connectivity index (χ1n) is 8.55. The van der Waals surface area contributed by atoms with Crippen molar-refractivity contribution in [2.45, 2.75) is 13.5 Å². The summed E-state index contributed by atoms with van der Waals surface area (Å²) in [5.74, 6) is 0. The molecule has 3 heterocycles. The maximum atomic E-state index is 11.9. The minimum Gasteiger partial charge on any atom is -0.363 e. The monoisotopic (exact) mass is 386 g/mol. The van der Waals surface area contributed by atoms with Gasteiger partial charge in [0.1, 0.15) is 5.69 Å². The van der Waals surface area contributed by atoms with Gasteiger partial charge >= 0.3 is 0 Å². The quantitative estimate of drug-likeness (QED) is 0.539. The van der Waals surface area contributed by atoms with E-state index in [2.05, 4.69) is 25.2 Å². The van der Waals surface area contributed by atoms with Gasteiger partial charge in [0.15, 0.2) is 0 Å². The number of nitrogens with zero attached hydrogens (tertiary/aromatic N) is 5. The van der Waals surface area contributed by atoms with E-state index in [0.29, 0.717) is 24.3 Å². The lowest BCUT2D eigenvalue weighted by molar-refractivity contribution is -0.384. The van der Waals surface area contributed by atoms with E-state index in [1.165, 1.54) is 12.4 Å². The van der Waals surface area contributed by atoms with Crippen molar-refractivity contribution in [2.24, 2.45) is 0 Å². The Labute approximate surface area is 158 Å². The van der Waals surface area contributed by atoms with Crippen molar-refractivity contribution in [2.75, 3.05) is 31.1 Å². The van der Waals surface area contributed by atoms with Gasteiger partial charge in [-0.2, -0.15) is 0 Å². The Kier molecular flexibility index (Phi) is 4.58. The van der Waals surface area contributed by atoms with Gasteiger partial charge in [0, 0.05) is 44.2 Å². The smallest absolute Gasteiger partial charge is 0.293 e. The number of thiazole rings is 1. The zero-order valence-electron chi connectivity index (χ0n) is 14.7. The van der Waals surface area contributed by atoms with Crippen molar-refractivity contribution in [3.8, 4) is 0 Å². The van der Waals surface area contributed by atoms with Crippen molar-refractivity contribution in [3.63, 3.8) is 0 Å². The van der Waals surface area contributed by atoms with Crippen LogP contribution < -0.4 is 10.5 Å². The molecule has 27 heavy (non-hydrogen) atoms. The molecule has 140 valence electrons. The fourth-order valence-electron chi connectivity index (χ4n) is 3.35. The molecular weight excluding hydrogens is 368 g/mol. The van der Waals surface area contributed by atoms with E-state index in [4.69, 9.17) is 0 Å². The molecule has 2 aromatic heterocycles. The van der Waals surface area contributed by atoms with Gasteiger partial charge in [0.2, 0.25) is 0 Å². The molecule has 3 aromatic rings. The summed E-state index contributed by atoms with van der Waals surface area (Å²) in [7, 11) is 0. The highest BCUT2D eigenvalue weighted by Gasteiger charge is 2.25. The lowest BCUT2D eigenvalue weighted by atomic mass is 10.1. The van der Waals surface area contributed by atoms with Crippen LogP contribution in [0.15, 0.2) is 28.6 Å². The van der Waals surface area contributed by atoms with Crippen LogP contribution in [0.4, 0.5) is 11.4 Å². The summed E-state index contributed by atoms with van der Waals surface area (Å²) in [6.07, 6.45) is 1.31. The third kappa shape index (κ3) is 3.53. The number of anilines is 1. The molecule has 1 saturated heterocycles. The first-order valence-corrected chi connectivity index (χ1v) is 9.43. The van der Waals surface area contributed by atoms with Gasteiger partial charge in [0.05, 0.1) is 32.9 Å². The maximum absolute atomic E-state index is 11.9. The number of nitro benzene ring substituents is 1. The van der Waals surface area contributed by atoms with Gasteiger partial charge in [-0.1, -0.05) is 0 Å². The summed E-state index contributed by atoms with van der Waals surface area (Å²) in [5.41, 5.74) is 1.59. The highest BCUT2D eigenvalue weighted by molar-refractivity contribution is 7.09. The normalized spacial score (nSPS) is 15.4. The Morgan fingerprint density at radius 1 is 1.30 bits per heavy atom. The van der Waals surface area contributed by atoms with Crippen LogP contribution in [-0.4, -0.2) is 51.0 Å². The van der Waals surface area contributed by atoms with E-state index in [1.807, 2.05) is 11.8 Å².